The molecule has 2 rings (SSSR count). The Morgan fingerprint density at radius 1 is 1.22 bits per heavy atom. The van der Waals surface area contributed by atoms with E-state index in [4.69, 9.17) is 10.3 Å². The number of alkyl halides is 3. The summed E-state index contributed by atoms with van der Waals surface area (Å²) >= 11 is 0. The lowest BCUT2D eigenvalue weighted by Gasteiger charge is -2.29. The molecule has 2 N–H and O–H groups in total. The topological polar surface area (TPSA) is 64.9 Å². The third kappa shape index (κ3) is 3.22. The van der Waals surface area contributed by atoms with Gasteiger partial charge in [0, 0.05) is 6.42 Å². The first kappa shape index (κ1) is 13.3. The Hall–Kier alpha value is -1.11. The van der Waals surface area contributed by atoms with Crippen LogP contribution in [0.25, 0.3) is 0 Å². The Labute approximate surface area is 103 Å². The van der Waals surface area contributed by atoms with Crippen LogP contribution < -0.4 is 5.73 Å². The van der Waals surface area contributed by atoms with Gasteiger partial charge in [0.1, 0.15) is 0 Å². The number of nitrogens with zero attached hydrogens (tertiary/aromatic N) is 2. The first-order chi connectivity index (χ1) is 8.39. The summed E-state index contributed by atoms with van der Waals surface area (Å²) in [5, 5.41) is 3.73. The van der Waals surface area contributed by atoms with Crippen LogP contribution in [-0.2, 0) is 12.0 Å². The molecule has 1 fully saturated rings. The molecule has 0 unspecified atom stereocenters. The van der Waals surface area contributed by atoms with Crippen molar-refractivity contribution in [3.8, 4) is 0 Å². The fraction of sp³-hybridized carbons (Fsp3) is 0.818. The van der Waals surface area contributed by atoms with E-state index in [9.17, 15) is 13.2 Å². The molecule has 0 atom stereocenters. The van der Waals surface area contributed by atoms with E-state index in [0.717, 1.165) is 32.1 Å². The Balaban J connectivity index is 2.01. The van der Waals surface area contributed by atoms with E-state index in [2.05, 4.69) is 10.1 Å². The lowest BCUT2D eigenvalue weighted by Crippen LogP contribution is -2.39. The molecule has 1 saturated carbocycles. The van der Waals surface area contributed by atoms with Gasteiger partial charge >= 0.3 is 6.18 Å². The van der Waals surface area contributed by atoms with Crippen molar-refractivity contribution in [2.45, 2.75) is 56.7 Å². The van der Waals surface area contributed by atoms with Crippen molar-refractivity contribution in [2.75, 3.05) is 0 Å². The lowest BCUT2D eigenvalue weighted by molar-refractivity contribution is -0.134. The van der Waals surface area contributed by atoms with Crippen LogP contribution in [0.5, 0.6) is 0 Å². The molecule has 18 heavy (non-hydrogen) atoms. The van der Waals surface area contributed by atoms with Crippen LogP contribution >= 0.6 is 0 Å². The maximum Gasteiger partial charge on any atom is 0.389 e. The zero-order valence-corrected chi connectivity index (χ0v) is 9.96. The Bertz CT molecular complexity index is 396. The Morgan fingerprint density at radius 3 is 2.50 bits per heavy atom. The molecular formula is C11H16F3N3O. The molecule has 0 bridgehead atoms. The molecule has 1 aliphatic rings. The molecule has 0 amide bonds. The van der Waals surface area contributed by atoms with E-state index in [1.54, 1.807) is 0 Å². The molecule has 1 aromatic heterocycles. The fourth-order valence-electron chi connectivity index (χ4n) is 2.21. The lowest BCUT2D eigenvalue weighted by atomic mass is 9.82. The third-order valence-corrected chi connectivity index (χ3v) is 3.28. The van der Waals surface area contributed by atoms with Crippen molar-refractivity contribution >= 4 is 0 Å². The van der Waals surface area contributed by atoms with Crippen LogP contribution in [0.1, 0.15) is 50.2 Å². The molecule has 1 aromatic rings. The Morgan fingerprint density at radius 2 is 1.89 bits per heavy atom. The second-order valence-corrected chi connectivity index (χ2v) is 4.84. The summed E-state index contributed by atoms with van der Waals surface area (Å²) < 4.78 is 41.0. The second kappa shape index (κ2) is 4.87. The summed E-state index contributed by atoms with van der Waals surface area (Å²) in [4.78, 5) is 4.01. The van der Waals surface area contributed by atoms with Gasteiger partial charge in [-0.05, 0) is 12.8 Å². The minimum atomic E-state index is -4.21. The maximum absolute atomic E-state index is 12.1. The SMILES string of the molecule is NC1(c2noc(CCC(F)(F)F)n2)CCCCC1. The molecule has 1 aliphatic carbocycles. The van der Waals surface area contributed by atoms with Crippen LogP contribution in [0.4, 0.5) is 13.2 Å². The highest BCUT2D eigenvalue weighted by atomic mass is 19.4. The van der Waals surface area contributed by atoms with Crippen molar-refractivity contribution in [3.05, 3.63) is 11.7 Å². The van der Waals surface area contributed by atoms with Crippen LogP contribution in [0.15, 0.2) is 4.52 Å². The normalized spacial score (nSPS) is 20.0. The zero-order valence-electron chi connectivity index (χ0n) is 9.96. The van der Waals surface area contributed by atoms with Gasteiger partial charge in [0.15, 0.2) is 5.82 Å². The first-order valence-corrected chi connectivity index (χ1v) is 6.08. The van der Waals surface area contributed by atoms with Crippen molar-refractivity contribution < 1.29 is 17.7 Å². The van der Waals surface area contributed by atoms with E-state index in [1.807, 2.05) is 0 Å². The van der Waals surface area contributed by atoms with E-state index in [0.29, 0.717) is 5.82 Å². The smallest absolute Gasteiger partial charge is 0.339 e. The minimum Gasteiger partial charge on any atom is -0.339 e. The van der Waals surface area contributed by atoms with Gasteiger partial charge in [0.05, 0.1) is 12.0 Å². The Kier molecular flexibility index (Phi) is 3.61. The third-order valence-electron chi connectivity index (χ3n) is 3.28. The predicted octanol–water partition coefficient (Wildman–Crippen LogP) is 2.68. The summed E-state index contributed by atoms with van der Waals surface area (Å²) in [6.07, 6.45) is -0.835. The highest BCUT2D eigenvalue weighted by Gasteiger charge is 2.35. The monoisotopic (exact) mass is 263 g/mol. The van der Waals surface area contributed by atoms with E-state index >= 15 is 0 Å². The van der Waals surface area contributed by atoms with Gasteiger partial charge in [-0.25, -0.2) is 0 Å². The van der Waals surface area contributed by atoms with E-state index in [1.165, 1.54) is 0 Å². The van der Waals surface area contributed by atoms with Crippen molar-refractivity contribution in [3.63, 3.8) is 0 Å². The van der Waals surface area contributed by atoms with Crippen molar-refractivity contribution in [2.24, 2.45) is 5.73 Å². The molecule has 0 aromatic carbocycles. The minimum absolute atomic E-state index is 0.0118. The fourth-order valence-corrected chi connectivity index (χ4v) is 2.21. The van der Waals surface area contributed by atoms with E-state index < -0.39 is 18.1 Å². The number of aryl methyl sites for hydroxylation is 1. The molecule has 0 radical (unpaired) electrons. The molecule has 102 valence electrons. The quantitative estimate of drug-likeness (QED) is 0.910. The average Bonchev–Trinajstić information content (AvgIpc) is 2.76. The molecule has 1 heterocycles. The van der Waals surface area contributed by atoms with Gasteiger partial charge in [0.2, 0.25) is 5.89 Å². The largest absolute Gasteiger partial charge is 0.389 e. The van der Waals surface area contributed by atoms with Crippen molar-refractivity contribution in [1.29, 1.82) is 0 Å². The maximum atomic E-state index is 12.1. The van der Waals surface area contributed by atoms with Crippen molar-refractivity contribution in [1.82, 2.24) is 10.1 Å². The summed E-state index contributed by atoms with van der Waals surface area (Å²) in [6.45, 7) is 0. The highest BCUT2D eigenvalue weighted by molar-refractivity contribution is 5.05. The zero-order chi connectivity index (χ0) is 13.2. The summed E-state index contributed by atoms with van der Waals surface area (Å²) in [6, 6.07) is 0. The second-order valence-electron chi connectivity index (χ2n) is 4.84. The summed E-state index contributed by atoms with van der Waals surface area (Å²) in [7, 11) is 0. The highest BCUT2D eigenvalue weighted by Crippen LogP contribution is 2.33. The number of hydrogen-bond donors (Lipinski definition) is 1. The number of aromatic nitrogens is 2. The molecule has 4 nitrogen and oxygen atoms in total. The van der Waals surface area contributed by atoms with Gasteiger partial charge < -0.3 is 10.3 Å². The number of nitrogens with two attached hydrogens (primary N) is 1. The van der Waals surface area contributed by atoms with Crippen LogP contribution in [0.2, 0.25) is 0 Å². The molecular weight excluding hydrogens is 247 g/mol. The standard InChI is InChI=1S/C11H16F3N3O/c12-11(13,14)7-4-8-16-9(17-18-8)10(15)5-2-1-3-6-10/h1-7,15H2. The van der Waals surface area contributed by atoms with Gasteiger partial charge in [-0.15, -0.1) is 0 Å². The van der Waals surface area contributed by atoms with Gasteiger partial charge in [0.25, 0.3) is 0 Å². The summed E-state index contributed by atoms with van der Waals surface area (Å²) in [5.74, 6) is 0.358. The predicted molar refractivity (Wildman–Crippen MR) is 57.6 cm³/mol. The van der Waals surface area contributed by atoms with Gasteiger partial charge in [-0.1, -0.05) is 24.4 Å². The van der Waals surface area contributed by atoms with Crippen LogP contribution in [0, 0.1) is 0 Å². The molecule has 7 heteroatoms. The average molecular weight is 263 g/mol. The number of halogens is 3. The van der Waals surface area contributed by atoms with Gasteiger partial charge in [-0.2, -0.15) is 18.2 Å². The number of rotatable bonds is 3. The molecule has 0 aliphatic heterocycles. The number of hydrogen-bond acceptors (Lipinski definition) is 4. The van der Waals surface area contributed by atoms with Crippen LogP contribution in [-0.4, -0.2) is 16.3 Å². The van der Waals surface area contributed by atoms with E-state index in [-0.39, 0.29) is 12.3 Å². The van der Waals surface area contributed by atoms with Crippen LogP contribution in [0.3, 0.4) is 0 Å². The molecule has 0 spiro atoms. The first-order valence-electron chi connectivity index (χ1n) is 6.08. The summed E-state index contributed by atoms with van der Waals surface area (Å²) in [5.41, 5.74) is 5.54. The van der Waals surface area contributed by atoms with Gasteiger partial charge in [-0.3, -0.25) is 0 Å². The molecule has 0 saturated heterocycles.